The molecule has 3 rings (SSSR count). The van der Waals surface area contributed by atoms with Gasteiger partial charge < -0.3 is 14.6 Å². The van der Waals surface area contributed by atoms with Gasteiger partial charge in [0.05, 0.1) is 6.54 Å². The van der Waals surface area contributed by atoms with Crippen molar-refractivity contribution in [1.29, 1.82) is 0 Å². The first-order valence-electron chi connectivity index (χ1n) is 8.40. The van der Waals surface area contributed by atoms with E-state index in [0.29, 0.717) is 31.3 Å². The number of ether oxygens (including phenoxy) is 1. The number of carbonyl (C=O) groups excluding carboxylic acids is 1. The van der Waals surface area contributed by atoms with E-state index in [1.807, 2.05) is 31.2 Å². The molecule has 26 heavy (non-hydrogen) atoms. The van der Waals surface area contributed by atoms with E-state index in [1.165, 1.54) is 0 Å². The standard InChI is InChI=1S/C19H20N4O3/c1-14-3-2-4-16(13-14)25-12-11-21-17(24)5-6-18-22-19(23-26-18)15-7-9-20-10-8-15/h2-4,7-10,13H,5-6,11-12H2,1H3,(H,21,24). The molecule has 0 aliphatic rings. The van der Waals surface area contributed by atoms with Crippen LogP contribution in [0.5, 0.6) is 5.75 Å². The zero-order valence-corrected chi connectivity index (χ0v) is 14.5. The van der Waals surface area contributed by atoms with Gasteiger partial charge in [-0.1, -0.05) is 17.3 Å². The maximum atomic E-state index is 11.9. The molecule has 0 unspecified atom stereocenters. The van der Waals surface area contributed by atoms with Gasteiger partial charge in [-0.2, -0.15) is 4.98 Å². The molecule has 1 aromatic carbocycles. The first-order valence-corrected chi connectivity index (χ1v) is 8.40. The highest BCUT2D eigenvalue weighted by atomic mass is 16.5. The Hall–Kier alpha value is -3.22. The molecule has 0 aliphatic carbocycles. The van der Waals surface area contributed by atoms with Crippen molar-refractivity contribution in [2.75, 3.05) is 13.2 Å². The number of aryl methyl sites for hydroxylation is 2. The Kier molecular flexibility index (Phi) is 5.92. The molecule has 7 heteroatoms. The highest BCUT2D eigenvalue weighted by Gasteiger charge is 2.10. The molecule has 0 saturated heterocycles. The molecule has 0 aliphatic heterocycles. The zero-order chi connectivity index (χ0) is 18.2. The first kappa shape index (κ1) is 17.6. The fourth-order valence-corrected chi connectivity index (χ4v) is 2.35. The van der Waals surface area contributed by atoms with E-state index in [-0.39, 0.29) is 12.3 Å². The summed E-state index contributed by atoms with van der Waals surface area (Å²) in [5, 5.41) is 6.73. The highest BCUT2D eigenvalue weighted by molar-refractivity contribution is 5.76. The van der Waals surface area contributed by atoms with Crippen molar-refractivity contribution in [2.45, 2.75) is 19.8 Å². The molecule has 3 aromatic rings. The Morgan fingerprint density at radius 1 is 1.23 bits per heavy atom. The second-order valence-electron chi connectivity index (χ2n) is 5.76. The smallest absolute Gasteiger partial charge is 0.227 e. The molecule has 0 radical (unpaired) electrons. The van der Waals surface area contributed by atoms with Gasteiger partial charge in [-0.05, 0) is 36.8 Å². The van der Waals surface area contributed by atoms with Gasteiger partial charge in [-0.3, -0.25) is 9.78 Å². The van der Waals surface area contributed by atoms with Crippen LogP contribution >= 0.6 is 0 Å². The SMILES string of the molecule is Cc1cccc(OCCNC(=O)CCc2nc(-c3ccncc3)no2)c1. The third-order valence-electron chi connectivity index (χ3n) is 3.66. The molecule has 0 bridgehead atoms. The predicted molar refractivity (Wildman–Crippen MR) is 95.5 cm³/mol. The lowest BCUT2D eigenvalue weighted by atomic mass is 10.2. The minimum absolute atomic E-state index is 0.0819. The number of nitrogens with zero attached hydrogens (tertiary/aromatic N) is 3. The fourth-order valence-electron chi connectivity index (χ4n) is 2.35. The third-order valence-corrected chi connectivity index (χ3v) is 3.66. The van der Waals surface area contributed by atoms with Gasteiger partial charge in [0.2, 0.25) is 17.6 Å². The molecule has 1 amide bonds. The lowest BCUT2D eigenvalue weighted by Gasteiger charge is -2.07. The van der Waals surface area contributed by atoms with Gasteiger partial charge in [0.1, 0.15) is 12.4 Å². The van der Waals surface area contributed by atoms with Gasteiger partial charge in [0.15, 0.2) is 0 Å². The van der Waals surface area contributed by atoms with Crippen molar-refractivity contribution < 1.29 is 14.1 Å². The third kappa shape index (κ3) is 5.14. The van der Waals surface area contributed by atoms with E-state index < -0.39 is 0 Å². The quantitative estimate of drug-likeness (QED) is 0.627. The topological polar surface area (TPSA) is 90.1 Å². The average Bonchev–Trinajstić information content (AvgIpc) is 3.13. The van der Waals surface area contributed by atoms with Crippen LogP contribution in [0, 0.1) is 6.92 Å². The van der Waals surface area contributed by atoms with Crippen LogP contribution in [0.2, 0.25) is 0 Å². The summed E-state index contributed by atoms with van der Waals surface area (Å²) < 4.78 is 10.8. The van der Waals surface area contributed by atoms with Crippen molar-refractivity contribution in [3.63, 3.8) is 0 Å². The molecule has 2 aromatic heterocycles. The van der Waals surface area contributed by atoms with Crippen LogP contribution in [0.25, 0.3) is 11.4 Å². The van der Waals surface area contributed by atoms with Crippen LogP contribution < -0.4 is 10.1 Å². The van der Waals surface area contributed by atoms with Crippen molar-refractivity contribution >= 4 is 5.91 Å². The average molecular weight is 352 g/mol. The number of nitrogens with one attached hydrogen (secondary N) is 1. The van der Waals surface area contributed by atoms with Crippen LogP contribution in [0.1, 0.15) is 17.9 Å². The maximum absolute atomic E-state index is 11.9. The van der Waals surface area contributed by atoms with E-state index in [1.54, 1.807) is 24.5 Å². The van der Waals surface area contributed by atoms with Crippen molar-refractivity contribution in [1.82, 2.24) is 20.4 Å². The van der Waals surface area contributed by atoms with E-state index in [9.17, 15) is 4.79 Å². The van der Waals surface area contributed by atoms with Crippen molar-refractivity contribution in [3.05, 3.63) is 60.2 Å². The Morgan fingerprint density at radius 3 is 2.88 bits per heavy atom. The number of hydrogen-bond donors (Lipinski definition) is 1. The summed E-state index contributed by atoms with van der Waals surface area (Å²) in [5.41, 5.74) is 1.96. The summed E-state index contributed by atoms with van der Waals surface area (Å²) in [6, 6.07) is 11.4. The minimum Gasteiger partial charge on any atom is -0.492 e. The first-order chi connectivity index (χ1) is 12.7. The van der Waals surface area contributed by atoms with E-state index >= 15 is 0 Å². The second-order valence-corrected chi connectivity index (χ2v) is 5.76. The normalized spacial score (nSPS) is 10.5. The largest absolute Gasteiger partial charge is 0.492 e. The van der Waals surface area contributed by atoms with Crippen molar-refractivity contribution in [2.24, 2.45) is 0 Å². The lowest BCUT2D eigenvalue weighted by molar-refractivity contribution is -0.121. The molecule has 0 fully saturated rings. The Morgan fingerprint density at radius 2 is 2.08 bits per heavy atom. The Bertz CT molecular complexity index is 849. The van der Waals surface area contributed by atoms with Crippen molar-refractivity contribution in [3.8, 4) is 17.1 Å². The Balaban J connectivity index is 1.37. The van der Waals surface area contributed by atoms with Crippen LogP contribution in [0.4, 0.5) is 0 Å². The summed E-state index contributed by atoms with van der Waals surface area (Å²) in [4.78, 5) is 20.1. The number of rotatable bonds is 8. The molecule has 0 spiro atoms. The Labute approximate surface area is 151 Å². The fraction of sp³-hybridized carbons (Fsp3) is 0.263. The molecular formula is C19H20N4O3. The molecule has 0 saturated carbocycles. The summed E-state index contributed by atoms with van der Waals surface area (Å²) in [6.07, 6.45) is 4.00. The van der Waals surface area contributed by atoms with Crippen LogP contribution in [-0.2, 0) is 11.2 Å². The number of amides is 1. The highest BCUT2D eigenvalue weighted by Crippen LogP contribution is 2.14. The number of aromatic nitrogens is 3. The number of benzene rings is 1. The van der Waals surface area contributed by atoms with Crippen LogP contribution in [0.15, 0.2) is 53.3 Å². The molecular weight excluding hydrogens is 332 g/mol. The minimum atomic E-state index is -0.0819. The summed E-state index contributed by atoms with van der Waals surface area (Å²) in [5.74, 6) is 1.65. The lowest BCUT2D eigenvalue weighted by Crippen LogP contribution is -2.28. The molecule has 1 N–H and O–H groups in total. The number of pyridine rings is 1. The van der Waals surface area contributed by atoms with Gasteiger partial charge in [0.25, 0.3) is 0 Å². The van der Waals surface area contributed by atoms with Gasteiger partial charge in [0, 0.05) is 30.8 Å². The zero-order valence-electron chi connectivity index (χ0n) is 14.5. The summed E-state index contributed by atoms with van der Waals surface area (Å²) in [7, 11) is 0. The van der Waals surface area contributed by atoms with Gasteiger partial charge in [-0.15, -0.1) is 0 Å². The van der Waals surface area contributed by atoms with Crippen LogP contribution in [0.3, 0.4) is 0 Å². The van der Waals surface area contributed by atoms with E-state index in [4.69, 9.17) is 9.26 Å². The second kappa shape index (κ2) is 8.75. The predicted octanol–water partition coefficient (Wildman–Crippen LogP) is 2.57. The molecule has 0 atom stereocenters. The summed E-state index contributed by atoms with van der Waals surface area (Å²) in [6.45, 7) is 2.87. The van der Waals surface area contributed by atoms with Gasteiger partial charge in [-0.25, -0.2) is 0 Å². The van der Waals surface area contributed by atoms with E-state index in [2.05, 4.69) is 20.4 Å². The summed E-state index contributed by atoms with van der Waals surface area (Å²) >= 11 is 0. The molecule has 7 nitrogen and oxygen atoms in total. The molecule has 134 valence electrons. The number of carbonyl (C=O) groups is 1. The van der Waals surface area contributed by atoms with E-state index in [0.717, 1.165) is 16.9 Å². The number of hydrogen-bond acceptors (Lipinski definition) is 6. The molecule has 2 heterocycles. The van der Waals surface area contributed by atoms with Gasteiger partial charge >= 0.3 is 0 Å². The van der Waals surface area contributed by atoms with Crippen LogP contribution in [-0.4, -0.2) is 34.2 Å². The monoisotopic (exact) mass is 352 g/mol. The maximum Gasteiger partial charge on any atom is 0.227 e.